The lowest BCUT2D eigenvalue weighted by Gasteiger charge is -2.21. The van der Waals surface area contributed by atoms with Crippen molar-refractivity contribution in [3.05, 3.63) is 59.2 Å². The van der Waals surface area contributed by atoms with E-state index in [9.17, 15) is 19.8 Å². The molecule has 0 amide bonds. The average molecular weight is 408 g/mol. The molecule has 0 spiro atoms. The van der Waals surface area contributed by atoms with Gasteiger partial charge in [-0.1, -0.05) is 18.2 Å². The molecule has 0 bridgehead atoms. The molecule has 1 atom stereocenters. The molecule has 0 saturated heterocycles. The number of phenolic OH excluding ortho intramolecular Hbond substituents is 2. The molecule has 30 heavy (non-hydrogen) atoms. The van der Waals surface area contributed by atoms with E-state index < -0.39 is 5.92 Å². The van der Waals surface area contributed by atoms with Crippen molar-refractivity contribution in [2.45, 2.75) is 19.3 Å². The van der Waals surface area contributed by atoms with Crippen molar-refractivity contribution in [1.82, 2.24) is 0 Å². The molecule has 1 aliphatic carbocycles. The summed E-state index contributed by atoms with van der Waals surface area (Å²) in [6.45, 7) is 0. The number of carbonyl (C=O) groups is 2. The molecule has 1 unspecified atom stereocenters. The largest absolute Gasteiger partial charge is 0.504 e. The summed E-state index contributed by atoms with van der Waals surface area (Å²) in [5.41, 5.74) is 2.01. The normalized spacial score (nSPS) is 18.0. The predicted molar refractivity (Wildman–Crippen MR) is 114 cm³/mol. The zero-order valence-corrected chi connectivity index (χ0v) is 16.9. The van der Waals surface area contributed by atoms with Crippen LogP contribution in [-0.4, -0.2) is 36.0 Å². The van der Waals surface area contributed by atoms with Crippen molar-refractivity contribution in [2.75, 3.05) is 14.2 Å². The molecule has 2 aromatic carbocycles. The number of methoxy groups -OCH3 is 2. The van der Waals surface area contributed by atoms with Crippen molar-refractivity contribution in [2.24, 2.45) is 5.92 Å². The highest BCUT2D eigenvalue weighted by Gasteiger charge is 2.30. The Morgan fingerprint density at radius 1 is 1.00 bits per heavy atom. The lowest BCUT2D eigenvalue weighted by molar-refractivity contribution is -0.129. The highest BCUT2D eigenvalue weighted by atomic mass is 16.5. The van der Waals surface area contributed by atoms with Crippen molar-refractivity contribution >= 4 is 23.7 Å². The summed E-state index contributed by atoms with van der Waals surface area (Å²) in [6, 6.07) is 9.62. The number of phenols is 2. The Labute approximate surface area is 175 Å². The van der Waals surface area contributed by atoms with E-state index in [1.807, 2.05) is 0 Å². The summed E-state index contributed by atoms with van der Waals surface area (Å²) in [7, 11) is 2.91. The van der Waals surface area contributed by atoms with Gasteiger partial charge >= 0.3 is 0 Å². The number of ether oxygens (including phenoxy) is 2. The van der Waals surface area contributed by atoms with Crippen LogP contribution in [0, 0.1) is 5.92 Å². The maximum absolute atomic E-state index is 12.9. The first-order chi connectivity index (χ1) is 14.4. The molecule has 0 aliphatic heterocycles. The second-order valence-corrected chi connectivity index (χ2v) is 7.08. The summed E-state index contributed by atoms with van der Waals surface area (Å²) in [4.78, 5) is 25.6. The summed E-state index contributed by atoms with van der Waals surface area (Å²) < 4.78 is 10.2. The molecule has 0 heterocycles. The lowest BCUT2D eigenvalue weighted by atomic mass is 9.81. The minimum Gasteiger partial charge on any atom is -0.504 e. The fourth-order valence-corrected chi connectivity index (χ4v) is 3.47. The Hall–Kier alpha value is -3.54. The van der Waals surface area contributed by atoms with Crippen LogP contribution >= 0.6 is 0 Å². The number of allylic oxidation sites excluding steroid dienone is 2. The van der Waals surface area contributed by atoms with Gasteiger partial charge in [0, 0.05) is 0 Å². The van der Waals surface area contributed by atoms with Gasteiger partial charge in [-0.2, -0.15) is 0 Å². The molecule has 2 N–H and O–H groups in total. The SMILES string of the molecule is COc1cc(/C=C2/CCCC(C(=O)/C=C/c3ccc(O)c(OC)c3)C2=O)ccc1O. The highest BCUT2D eigenvalue weighted by molar-refractivity contribution is 6.16. The monoisotopic (exact) mass is 408 g/mol. The third-order valence-corrected chi connectivity index (χ3v) is 5.10. The van der Waals surface area contributed by atoms with Crippen LogP contribution in [0.25, 0.3) is 12.2 Å². The third-order valence-electron chi connectivity index (χ3n) is 5.10. The number of hydrogen-bond acceptors (Lipinski definition) is 6. The van der Waals surface area contributed by atoms with Crippen LogP contribution in [0.4, 0.5) is 0 Å². The Balaban J connectivity index is 1.77. The standard InChI is InChI=1S/C24H24O6/c1-29-22-13-15(7-10-20(22)26)6-9-19(25)18-5-3-4-17(24(18)28)12-16-8-11-21(27)23(14-16)30-2/h6-14,18,26-27H,3-5H2,1-2H3/b9-6+,17-12-. The zero-order chi connectivity index (χ0) is 21.7. The first-order valence-corrected chi connectivity index (χ1v) is 9.63. The molecule has 1 aliphatic rings. The first-order valence-electron chi connectivity index (χ1n) is 9.63. The van der Waals surface area contributed by atoms with Crippen LogP contribution in [0.5, 0.6) is 23.0 Å². The van der Waals surface area contributed by atoms with E-state index >= 15 is 0 Å². The molecule has 3 rings (SSSR count). The molecule has 6 heteroatoms. The second-order valence-electron chi connectivity index (χ2n) is 7.08. The fourth-order valence-electron chi connectivity index (χ4n) is 3.47. The fraction of sp³-hybridized carbons (Fsp3) is 0.250. The number of ketones is 2. The van der Waals surface area contributed by atoms with Gasteiger partial charge in [-0.25, -0.2) is 0 Å². The maximum Gasteiger partial charge on any atom is 0.169 e. The van der Waals surface area contributed by atoms with E-state index in [2.05, 4.69) is 0 Å². The molecular weight excluding hydrogens is 384 g/mol. The molecule has 0 radical (unpaired) electrons. The van der Waals surface area contributed by atoms with Gasteiger partial charge in [0.05, 0.1) is 20.1 Å². The van der Waals surface area contributed by atoms with Crippen molar-refractivity contribution < 1.29 is 29.3 Å². The minimum absolute atomic E-state index is 0.0177. The summed E-state index contributed by atoms with van der Waals surface area (Å²) in [5.74, 6) is -0.449. The smallest absolute Gasteiger partial charge is 0.169 e. The van der Waals surface area contributed by atoms with E-state index in [1.54, 1.807) is 36.4 Å². The number of carbonyl (C=O) groups excluding carboxylic acids is 2. The van der Waals surface area contributed by atoms with Gasteiger partial charge in [0.2, 0.25) is 0 Å². The third kappa shape index (κ3) is 4.71. The number of Topliss-reactive ketones (excluding diaryl/α,β-unsaturated/α-hetero) is 1. The summed E-state index contributed by atoms with van der Waals surface area (Å²) in [6.07, 6.45) is 6.62. The Morgan fingerprint density at radius 2 is 1.60 bits per heavy atom. The van der Waals surface area contributed by atoms with Crippen LogP contribution in [0.2, 0.25) is 0 Å². The van der Waals surface area contributed by atoms with Crippen molar-refractivity contribution in [3.63, 3.8) is 0 Å². The van der Waals surface area contributed by atoms with Gasteiger partial charge < -0.3 is 19.7 Å². The van der Waals surface area contributed by atoms with Gasteiger partial charge in [-0.05, 0) is 72.4 Å². The van der Waals surface area contributed by atoms with Crippen LogP contribution < -0.4 is 9.47 Å². The number of aromatic hydroxyl groups is 2. The second kappa shape index (κ2) is 9.31. The highest BCUT2D eigenvalue weighted by Crippen LogP contribution is 2.31. The Kier molecular flexibility index (Phi) is 6.57. The quantitative estimate of drug-likeness (QED) is 0.551. The van der Waals surface area contributed by atoms with Crippen molar-refractivity contribution in [1.29, 1.82) is 0 Å². The molecular formula is C24H24O6. The van der Waals surface area contributed by atoms with E-state index in [4.69, 9.17) is 9.47 Å². The lowest BCUT2D eigenvalue weighted by Crippen LogP contribution is -2.27. The average Bonchev–Trinajstić information content (AvgIpc) is 2.75. The predicted octanol–water partition coefficient (Wildman–Crippen LogP) is 4.15. The topological polar surface area (TPSA) is 93.1 Å². The Bertz CT molecular complexity index is 1020. The summed E-state index contributed by atoms with van der Waals surface area (Å²) in [5, 5.41) is 19.4. The molecule has 2 aromatic rings. The van der Waals surface area contributed by atoms with Gasteiger partial charge in [-0.3, -0.25) is 9.59 Å². The van der Waals surface area contributed by atoms with E-state index in [0.717, 1.165) is 12.0 Å². The van der Waals surface area contributed by atoms with Crippen molar-refractivity contribution in [3.8, 4) is 23.0 Å². The molecule has 1 saturated carbocycles. The van der Waals surface area contributed by atoms with Gasteiger partial charge in [0.1, 0.15) is 0 Å². The minimum atomic E-state index is -0.709. The van der Waals surface area contributed by atoms with Crippen LogP contribution in [0.15, 0.2) is 48.0 Å². The molecule has 6 nitrogen and oxygen atoms in total. The molecule has 1 fully saturated rings. The Morgan fingerprint density at radius 3 is 2.23 bits per heavy atom. The van der Waals surface area contributed by atoms with Crippen LogP contribution in [0.1, 0.15) is 30.4 Å². The first kappa shape index (κ1) is 21.2. The van der Waals surface area contributed by atoms with E-state index in [-0.39, 0.29) is 23.1 Å². The van der Waals surface area contributed by atoms with Gasteiger partial charge in [-0.15, -0.1) is 0 Å². The number of hydrogen-bond donors (Lipinski definition) is 2. The van der Waals surface area contributed by atoms with Gasteiger partial charge in [0.25, 0.3) is 0 Å². The van der Waals surface area contributed by atoms with Gasteiger partial charge in [0.15, 0.2) is 34.6 Å². The van der Waals surface area contributed by atoms with E-state index in [0.29, 0.717) is 35.5 Å². The molecule has 156 valence electrons. The van der Waals surface area contributed by atoms with Crippen LogP contribution in [-0.2, 0) is 9.59 Å². The maximum atomic E-state index is 12.9. The summed E-state index contributed by atoms with van der Waals surface area (Å²) >= 11 is 0. The van der Waals surface area contributed by atoms with E-state index in [1.165, 1.54) is 32.4 Å². The zero-order valence-electron chi connectivity index (χ0n) is 16.9. The number of benzene rings is 2. The van der Waals surface area contributed by atoms with Crippen LogP contribution in [0.3, 0.4) is 0 Å². The molecule has 0 aromatic heterocycles. The number of rotatable bonds is 6.